The largest absolute Gasteiger partial charge is 0.459 e. The van der Waals surface area contributed by atoms with Gasteiger partial charge in [0.1, 0.15) is 11.1 Å². The fourth-order valence-corrected chi connectivity index (χ4v) is 3.25. The number of aromatic nitrogens is 4. The summed E-state index contributed by atoms with van der Waals surface area (Å²) in [4.78, 5) is 16.5. The van der Waals surface area contributed by atoms with Gasteiger partial charge in [0.25, 0.3) is 0 Å². The van der Waals surface area contributed by atoms with Gasteiger partial charge in [0.2, 0.25) is 5.16 Å². The van der Waals surface area contributed by atoms with Crippen molar-refractivity contribution in [2.45, 2.75) is 51.4 Å². The molecule has 0 radical (unpaired) electrons. The number of nitrogens with zero attached hydrogens (tertiary/aromatic N) is 4. The van der Waals surface area contributed by atoms with E-state index >= 15 is 0 Å². The molecule has 0 N–H and O–H groups in total. The normalized spacial score (nSPS) is 12.0. The molecule has 0 amide bonds. The molecule has 2 aromatic heterocycles. The number of aryl methyl sites for hydroxylation is 1. The lowest BCUT2D eigenvalue weighted by Crippen LogP contribution is -2.25. The van der Waals surface area contributed by atoms with Crippen LogP contribution < -0.4 is 0 Å². The predicted molar refractivity (Wildman–Crippen MR) is 99.7 cm³/mol. The topological polar surface area (TPSA) is 69.9 Å². The zero-order chi connectivity index (χ0) is 18.0. The van der Waals surface area contributed by atoms with E-state index in [0.717, 1.165) is 35.0 Å². The van der Waals surface area contributed by atoms with Crippen molar-refractivity contribution in [2.75, 3.05) is 5.75 Å². The average Bonchev–Trinajstić information content (AvgIpc) is 2.86. The van der Waals surface area contributed by atoms with Crippen LogP contribution in [0.5, 0.6) is 0 Å². The van der Waals surface area contributed by atoms with Gasteiger partial charge in [-0.1, -0.05) is 36.9 Å². The van der Waals surface area contributed by atoms with Crippen LogP contribution in [0.15, 0.2) is 29.4 Å². The Hall–Kier alpha value is -2.15. The first-order chi connectivity index (χ1) is 11.9. The Morgan fingerprint density at radius 3 is 2.72 bits per heavy atom. The molecule has 25 heavy (non-hydrogen) atoms. The van der Waals surface area contributed by atoms with E-state index in [1.54, 1.807) is 0 Å². The van der Waals surface area contributed by atoms with Crippen molar-refractivity contribution < 1.29 is 9.53 Å². The average molecular weight is 358 g/mol. The third-order valence-electron chi connectivity index (χ3n) is 3.54. The van der Waals surface area contributed by atoms with Gasteiger partial charge in [-0.15, -0.1) is 10.2 Å². The van der Waals surface area contributed by atoms with Gasteiger partial charge in [-0.05, 0) is 33.3 Å². The number of hydrogen-bond acceptors (Lipinski definition) is 6. The molecule has 6 nitrogen and oxygen atoms in total. The van der Waals surface area contributed by atoms with Crippen LogP contribution in [0.3, 0.4) is 0 Å². The molecule has 0 aliphatic heterocycles. The summed E-state index contributed by atoms with van der Waals surface area (Å²) in [5.74, 6) is -0.117. The first-order valence-electron chi connectivity index (χ1n) is 8.35. The van der Waals surface area contributed by atoms with E-state index in [1.165, 1.54) is 11.8 Å². The summed E-state index contributed by atoms with van der Waals surface area (Å²) in [5.41, 5.74) is 2.22. The summed E-state index contributed by atoms with van der Waals surface area (Å²) in [6.45, 7) is 8.54. The van der Waals surface area contributed by atoms with Gasteiger partial charge in [-0.3, -0.25) is 4.79 Å². The molecule has 0 saturated heterocycles. The van der Waals surface area contributed by atoms with Gasteiger partial charge in [-0.2, -0.15) is 0 Å². The maximum Gasteiger partial charge on any atom is 0.316 e. The summed E-state index contributed by atoms with van der Waals surface area (Å²) < 4.78 is 7.48. The lowest BCUT2D eigenvalue weighted by molar-refractivity contribution is -0.151. The first-order valence-corrected chi connectivity index (χ1v) is 9.34. The number of carbonyl (C=O) groups excluding carboxylic acids is 1. The highest BCUT2D eigenvalue weighted by atomic mass is 32.2. The van der Waals surface area contributed by atoms with Crippen molar-refractivity contribution >= 4 is 39.8 Å². The Bertz CT molecular complexity index is 914. The number of benzene rings is 1. The number of carbonyl (C=O) groups is 1. The Balaban J connectivity index is 1.90. The third-order valence-corrected chi connectivity index (χ3v) is 4.35. The third kappa shape index (κ3) is 3.92. The number of rotatable bonds is 5. The lowest BCUT2D eigenvalue weighted by atomic mass is 10.2. The minimum Gasteiger partial charge on any atom is -0.459 e. The Morgan fingerprint density at radius 1 is 1.24 bits per heavy atom. The second-order valence-corrected chi connectivity index (χ2v) is 7.75. The molecule has 0 saturated carbocycles. The van der Waals surface area contributed by atoms with E-state index in [9.17, 15) is 4.79 Å². The summed E-state index contributed by atoms with van der Waals surface area (Å²) >= 11 is 1.25. The van der Waals surface area contributed by atoms with Crippen molar-refractivity contribution in [3.8, 4) is 0 Å². The Morgan fingerprint density at radius 2 is 2.00 bits per heavy atom. The standard InChI is InChI=1S/C18H22N4O2S/c1-5-10-22-13-9-7-6-8-12(13)15-16(22)19-17(21-20-15)25-11-14(23)24-18(2,3)4/h6-9H,5,10-11H2,1-4H3. The van der Waals surface area contributed by atoms with Crippen LogP contribution in [-0.2, 0) is 16.1 Å². The fraction of sp³-hybridized carbons (Fsp3) is 0.444. The van der Waals surface area contributed by atoms with Crippen LogP contribution >= 0.6 is 11.8 Å². The van der Waals surface area contributed by atoms with Gasteiger partial charge < -0.3 is 9.30 Å². The number of thioether (sulfide) groups is 1. The summed E-state index contributed by atoms with van der Waals surface area (Å²) in [7, 11) is 0. The van der Waals surface area contributed by atoms with Crippen LogP contribution in [0.25, 0.3) is 22.1 Å². The predicted octanol–water partition coefficient (Wildman–Crippen LogP) is 3.82. The van der Waals surface area contributed by atoms with Crippen molar-refractivity contribution in [1.82, 2.24) is 19.7 Å². The molecule has 2 heterocycles. The molecule has 0 aliphatic carbocycles. The fourth-order valence-electron chi connectivity index (χ4n) is 2.69. The van der Waals surface area contributed by atoms with Gasteiger partial charge >= 0.3 is 5.97 Å². The van der Waals surface area contributed by atoms with Crippen LogP contribution in [0.4, 0.5) is 0 Å². The molecule has 0 spiro atoms. The summed E-state index contributed by atoms with van der Waals surface area (Å²) in [6, 6.07) is 8.11. The van der Waals surface area contributed by atoms with Crippen molar-refractivity contribution in [3.05, 3.63) is 24.3 Å². The molecule has 0 atom stereocenters. The number of esters is 1. The molecule has 7 heteroatoms. The molecule has 0 bridgehead atoms. The van der Waals surface area contributed by atoms with Crippen LogP contribution in [0.2, 0.25) is 0 Å². The van der Waals surface area contributed by atoms with Gasteiger partial charge in [0.05, 0.1) is 11.3 Å². The first kappa shape index (κ1) is 17.7. The molecular formula is C18H22N4O2S. The molecule has 0 unspecified atom stereocenters. The second-order valence-electron chi connectivity index (χ2n) is 6.81. The van der Waals surface area contributed by atoms with Gasteiger partial charge in [0, 0.05) is 11.9 Å². The van der Waals surface area contributed by atoms with Crippen molar-refractivity contribution in [3.63, 3.8) is 0 Å². The lowest BCUT2D eigenvalue weighted by Gasteiger charge is -2.18. The number of hydrogen-bond donors (Lipinski definition) is 0. The van der Waals surface area contributed by atoms with Crippen molar-refractivity contribution in [1.29, 1.82) is 0 Å². The molecule has 132 valence electrons. The van der Waals surface area contributed by atoms with E-state index in [2.05, 4.69) is 32.7 Å². The van der Waals surface area contributed by atoms with Crippen LogP contribution in [0.1, 0.15) is 34.1 Å². The smallest absolute Gasteiger partial charge is 0.316 e. The highest BCUT2D eigenvalue weighted by Crippen LogP contribution is 2.27. The SMILES string of the molecule is CCCn1c2ccccc2c2nnc(SCC(=O)OC(C)(C)C)nc21. The van der Waals surface area contributed by atoms with Gasteiger partial charge in [0.15, 0.2) is 5.65 Å². The maximum absolute atomic E-state index is 11.9. The quantitative estimate of drug-likeness (QED) is 0.510. The van der Waals surface area contributed by atoms with Gasteiger partial charge in [-0.25, -0.2) is 4.98 Å². The summed E-state index contributed by atoms with van der Waals surface area (Å²) in [5, 5.41) is 10.1. The molecule has 1 aromatic carbocycles. The maximum atomic E-state index is 11.9. The monoisotopic (exact) mass is 358 g/mol. The van der Waals surface area contributed by atoms with E-state index < -0.39 is 5.60 Å². The van der Waals surface area contributed by atoms with Crippen LogP contribution in [-0.4, -0.2) is 37.1 Å². The minimum atomic E-state index is -0.492. The molecule has 0 aliphatic rings. The van der Waals surface area contributed by atoms with E-state index in [1.807, 2.05) is 39.0 Å². The molecule has 3 rings (SSSR count). The molecular weight excluding hydrogens is 336 g/mol. The highest BCUT2D eigenvalue weighted by Gasteiger charge is 2.18. The molecule has 0 fully saturated rings. The molecule has 3 aromatic rings. The zero-order valence-corrected chi connectivity index (χ0v) is 15.8. The number of ether oxygens (including phenoxy) is 1. The van der Waals surface area contributed by atoms with Crippen LogP contribution in [0, 0.1) is 0 Å². The Kier molecular flexibility index (Phi) is 4.94. The number of para-hydroxylation sites is 1. The minimum absolute atomic E-state index is 0.165. The van der Waals surface area contributed by atoms with E-state index in [0.29, 0.717) is 5.16 Å². The zero-order valence-electron chi connectivity index (χ0n) is 14.9. The summed E-state index contributed by atoms with van der Waals surface area (Å²) in [6.07, 6.45) is 0.998. The Labute approximate surface area is 151 Å². The second kappa shape index (κ2) is 7.00. The van der Waals surface area contributed by atoms with E-state index in [-0.39, 0.29) is 11.7 Å². The van der Waals surface area contributed by atoms with E-state index in [4.69, 9.17) is 4.74 Å². The highest BCUT2D eigenvalue weighted by molar-refractivity contribution is 7.99. The van der Waals surface area contributed by atoms with Crippen molar-refractivity contribution in [2.24, 2.45) is 0 Å². The number of fused-ring (bicyclic) bond motifs is 3.